The molecule has 0 bridgehead atoms. The Morgan fingerprint density at radius 1 is 1.00 bits per heavy atom. The highest BCUT2D eigenvalue weighted by atomic mass is 15.3. The van der Waals surface area contributed by atoms with Crippen molar-refractivity contribution in [1.82, 2.24) is 14.8 Å². The number of aryl methyl sites for hydroxylation is 1. The van der Waals surface area contributed by atoms with Gasteiger partial charge in [0.05, 0.1) is 11.9 Å². The van der Waals surface area contributed by atoms with Crippen LogP contribution in [0.1, 0.15) is 12.0 Å². The predicted molar refractivity (Wildman–Crippen MR) is 84.6 cm³/mol. The maximum Gasteiger partial charge on any atom is 0.153 e. The van der Waals surface area contributed by atoms with E-state index in [4.69, 9.17) is 0 Å². The summed E-state index contributed by atoms with van der Waals surface area (Å²) in [6.45, 7) is 0.942. The number of nitrogens with zero attached hydrogens (tertiary/aromatic N) is 3. The third kappa shape index (κ3) is 3.69. The van der Waals surface area contributed by atoms with Crippen LogP contribution >= 0.6 is 0 Å². The zero-order chi connectivity index (χ0) is 14.3. The smallest absolute Gasteiger partial charge is 0.153 e. The van der Waals surface area contributed by atoms with Gasteiger partial charge in [-0.2, -0.15) is 5.10 Å². The summed E-state index contributed by atoms with van der Waals surface area (Å²) in [6, 6.07) is 16.4. The monoisotopic (exact) mass is 278 g/mol. The van der Waals surface area contributed by atoms with Crippen molar-refractivity contribution in [3.8, 4) is 5.82 Å². The first-order valence-electron chi connectivity index (χ1n) is 7.16. The van der Waals surface area contributed by atoms with E-state index in [-0.39, 0.29) is 0 Å². The van der Waals surface area contributed by atoms with Gasteiger partial charge in [-0.1, -0.05) is 30.3 Å². The number of benzene rings is 1. The molecule has 0 unspecified atom stereocenters. The topological polar surface area (TPSA) is 42.7 Å². The molecule has 3 rings (SSSR count). The molecule has 4 nitrogen and oxygen atoms in total. The second-order valence-electron chi connectivity index (χ2n) is 4.87. The third-order valence-corrected chi connectivity index (χ3v) is 3.30. The molecule has 0 amide bonds. The summed E-state index contributed by atoms with van der Waals surface area (Å²) < 4.78 is 1.75. The van der Waals surface area contributed by atoms with Gasteiger partial charge in [0.2, 0.25) is 0 Å². The average molecular weight is 278 g/mol. The fourth-order valence-corrected chi connectivity index (χ4v) is 2.20. The molecule has 2 heterocycles. The Hall–Kier alpha value is -2.62. The standard InChI is InChI=1S/C17H18N4/c1-2-6-15(7-3-1)8-4-11-18-16-9-10-17(19-14-16)21-13-5-12-20-21/h1-3,5-7,9-10,12-14,18H,4,8,11H2. The van der Waals surface area contributed by atoms with E-state index >= 15 is 0 Å². The van der Waals surface area contributed by atoms with Crippen molar-refractivity contribution < 1.29 is 0 Å². The number of rotatable bonds is 6. The van der Waals surface area contributed by atoms with E-state index in [9.17, 15) is 0 Å². The number of anilines is 1. The minimum atomic E-state index is 0.829. The molecule has 0 radical (unpaired) electrons. The van der Waals surface area contributed by atoms with Crippen LogP contribution in [0.3, 0.4) is 0 Å². The summed E-state index contributed by atoms with van der Waals surface area (Å²) in [5.41, 5.74) is 2.42. The molecule has 0 spiro atoms. The molecule has 1 N–H and O–H groups in total. The van der Waals surface area contributed by atoms with E-state index in [2.05, 4.69) is 45.7 Å². The summed E-state index contributed by atoms with van der Waals surface area (Å²) in [5, 5.41) is 7.55. The summed E-state index contributed by atoms with van der Waals surface area (Å²) in [5.74, 6) is 0.829. The van der Waals surface area contributed by atoms with E-state index in [0.717, 1.165) is 30.9 Å². The van der Waals surface area contributed by atoms with Crippen LogP contribution in [0.5, 0.6) is 0 Å². The van der Waals surface area contributed by atoms with Crippen molar-refractivity contribution in [3.05, 3.63) is 72.7 Å². The maximum absolute atomic E-state index is 4.40. The van der Waals surface area contributed by atoms with Crippen LogP contribution in [-0.4, -0.2) is 21.3 Å². The number of hydrogen-bond acceptors (Lipinski definition) is 3. The van der Waals surface area contributed by atoms with Crippen LogP contribution in [0.4, 0.5) is 5.69 Å². The van der Waals surface area contributed by atoms with Gasteiger partial charge in [0, 0.05) is 18.9 Å². The SMILES string of the molecule is c1ccc(CCCNc2ccc(-n3cccn3)nc2)cc1. The molecule has 0 atom stereocenters. The molecular weight excluding hydrogens is 260 g/mol. The summed E-state index contributed by atoms with van der Waals surface area (Å²) in [6.07, 6.45) is 7.67. The number of hydrogen-bond donors (Lipinski definition) is 1. The molecule has 106 valence electrons. The normalized spacial score (nSPS) is 10.5. The van der Waals surface area contributed by atoms with Gasteiger partial charge in [-0.05, 0) is 36.6 Å². The molecule has 0 aliphatic carbocycles. The van der Waals surface area contributed by atoms with Gasteiger partial charge in [0.1, 0.15) is 0 Å². The highest BCUT2D eigenvalue weighted by Crippen LogP contribution is 2.09. The quantitative estimate of drug-likeness (QED) is 0.703. The molecule has 0 saturated carbocycles. The molecule has 2 aromatic heterocycles. The van der Waals surface area contributed by atoms with Crippen molar-refractivity contribution in [2.75, 3.05) is 11.9 Å². The molecule has 3 aromatic rings. The van der Waals surface area contributed by atoms with Crippen LogP contribution in [0.2, 0.25) is 0 Å². The summed E-state index contributed by atoms with van der Waals surface area (Å²) in [4.78, 5) is 4.40. The first-order valence-corrected chi connectivity index (χ1v) is 7.16. The number of pyridine rings is 1. The van der Waals surface area contributed by atoms with Crippen molar-refractivity contribution in [2.45, 2.75) is 12.8 Å². The van der Waals surface area contributed by atoms with Crippen LogP contribution < -0.4 is 5.32 Å². The Kier molecular flexibility index (Phi) is 4.27. The van der Waals surface area contributed by atoms with Crippen molar-refractivity contribution in [3.63, 3.8) is 0 Å². The molecular formula is C17H18N4. The molecule has 0 aliphatic rings. The van der Waals surface area contributed by atoms with Crippen molar-refractivity contribution in [1.29, 1.82) is 0 Å². The lowest BCUT2D eigenvalue weighted by atomic mass is 10.1. The van der Waals surface area contributed by atoms with Gasteiger partial charge >= 0.3 is 0 Å². The average Bonchev–Trinajstić information content (AvgIpc) is 3.08. The Bertz CT molecular complexity index is 645. The Labute approximate surface area is 124 Å². The van der Waals surface area contributed by atoms with Gasteiger partial charge < -0.3 is 5.32 Å². The number of nitrogens with one attached hydrogen (secondary N) is 1. The minimum absolute atomic E-state index is 0.829. The van der Waals surface area contributed by atoms with E-state index in [1.165, 1.54) is 5.56 Å². The van der Waals surface area contributed by atoms with Crippen LogP contribution in [0, 0.1) is 0 Å². The summed E-state index contributed by atoms with van der Waals surface area (Å²) >= 11 is 0. The first kappa shape index (κ1) is 13.4. The Morgan fingerprint density at radius 3 is 2.62 bits per heavy atom. The second kappa shape index (κ2) is 6.70. The molecule has 0 saturated heterocycles. The van der Waals surface area contributed by atoms with Crippen LogP contribution in [-0.2, 0) is 6.42 Å². The van der Waals surface area contributed by atoms with E-state index < -0.39 is 0 Å². The molecule has 0 aliphatic heterocycles. The zero-order valence-electron chi connectivity index (χ0n) is 11.8. The Balaban J connectivity index is 1.47. The third-order valence-electron chi connectivity index (χ3n) is 3.30. The molecule has 21 heavy (non-hydrogen) atoms. The van der Waals surface area contributed by atoms with Crippen molar-refractivity contribution in [2.24, 2.45) is 0 Å². The van der Waals surface area contributed by atoms with Crippen molar-refractivity contribution >= 4 is 5.69 Å². The largest absolute Gasteiger partial charge is 0.384 e. The summed E-state index contributed by atoms with van der Waals surface area (Å²) in [7, 11) is 0. The molecule has 4 heteroatoms. The highest BCUT2D eigenvalue weighted by molar-refractivity contribution is 5.43. The van der Waals surface area contributed by atoms with E-state index in [1.807, 2.05) is 30.6 Å². The van der Waals surface area contributed by atoms with E-state index in [1.54, 1.807) is 10.9 Å². The van der Waals surface area contributed by atoms with Gasteiger partial charge in [0.25, 0.3) is 0 Å². The van der Waals surface area contributed by atoms with Crippen LogP contribution in [0.15, 0.2) is 67.1 Å². The van der Waals surface area contributed by atoms with Gasteiger partial charge in [-0.25, -0.2) is 9.67 Å². The van der Waals surface area contributed by atoms with Gasteiger partial charge in [0.15, 0.2) is 5.82 Å². The fraction of sp³-hybridized carbons (Fsp3) is 0.176. The van der Waals surface area contributed by atoms with Gasteiger partial charge in [-0.15, -0.1) is 0 Å². The maximum atomic E-state index is 4.40. The Morgan fingerprint density at radius 2 is 1.90 bits per heavy atom. The second-order valence-corrected chi connectivity index (χ2v) is 4.87. The van der Waals surface area contributed by atoms with Crippen LogP contribution in [0.25, 0.3) is 5.82 Å². The van der Waals surface area contributed by atoms with Gasteiger partial charge in [-0.3, -0.25) is 0 Å². The lowest BCUT2D eigenvalue weighted by molar-refractivity contribution is 0.843. The minimum Gasteiger partial charge on any atom is -0.384 e. The molecule has 1 aromatic carbocycles. The highest BCUT2D eigenvalue weighted by Gasteiger charge is 1.98. The van der Waals surface area contributed by atoms with E-state index in [0.29, 0.717) is 0 Å². The lowest BCUT2D eigenvalue weighted by Crippen LogP contribution is -2.04. The molecule has 0 fully saturated rings. The zero-order valence-corrected chi connectivity index (χ0v) is 11.8. The first-order chi connectivity index (χ1) is 10.4. The fourth-order valence-electron chi connectivity index (χ4n) is 2.20. The predicted octanol–water partition coefficient (Wildman–Crippen LogP) is 3.31. The lowest BCUT2D eigenvalue weighted by Gasteiger charge is -2.07. The number of aromatic nitrogens is 3.